The van der Waals surface area contributed by atoms with E-state index in [9.17, 15) is 9.18 Å². The van der Waals surface area contributed by atoms with Crippen LogP contribution in [0.4, 0.5) is 10.1 Å². The number of benzene rings is 1. The van der Waals surface area contributed by atoms with E-state index in [1.165, 1.54) is 24.9 Å². The maximum absolute atomic E-state index is 13.5. The van der Waals surface area contributed by atoms with Crippen molar-refractivity contribution >= 4 is 23.4 Å². The van der Waals surface area contributed by atoms with Gasteiger partial charge in [-0.15, -0.1) is 11.8 Å². The molecule has 1 heterocycles. The van der Waals surface area contributed by atoms with Crippen LogP contribution < -0.4 is 10.1 Å². The van der Waals surface area contributed by atoms with Crippen molar-refractivity contribution in [2.24, 2.45) is 0 Å². The van der Waals surface area contributed by atoms with Crippen LogP contribution in [0.5, 0.6) is 5.75 Å². The number of rotatable bonds is 2. The van der Waals surface area contributed by atoms with Gasteiger partial charge in [-0.25, -0.2) is 4.39 Å². The van der Waals surface area contributed by atoms with E-state index in [1.54, 1.807) is 6.07 Å². The predicted octanol–water partition coefficient (Wildman–Crippen LogP) is 2.19. The number of ether oxygens (including phenoxy) is 1. The number of amides is 1. The Morgan fingerprint density at radius 1 is 1.53 bits per heavy atom. The van der Waals surface area contributed by atoms with Crippen LogP contribution in [0.1, 0.15) is 10.8 Å². The molecule has 1 aliphatic heterocycles. The lowest BCUT2D eigenvalue weighted by atomic mass is 10.1. The first-order chi connectivity index (χ1) is 7.17. The quantitative estimate of drug-likeness (QED) is 0.841. The topological polar surface area (TPSA) is 38.3 Å². The smallest absolute Gasteiger partial charge is 0.242 e. The molecule has 1 aromatic carbocycles. The number of thioether (sulfide) groups is 1. The third-order valence-corrected chi connectivity index (χ3v) is 3.27. The molecule has 80 valence electrons. The van der Waals surface area contributed by atoms with Crippen LogP contribution in [0, 0.1) is 5.82 Å². The minimum absolute atomic E-state index is 0.176. The van der Waals surface area contributed by atoms with Crippen LogP contribution in [0.25, 0.3) is 0 Å². The molecule has 0 spiro atoms. The van der Waals surface area contributed by atoms with Gasteiger partial charge < -0.3 is 10.1 Å². The second-order valence-electron chi connectivity index (χ2n) is 3.18. The van der Waals surface area contributed by atoms with Crippen LogP contribution in [0.2, 0.25) is 0 Å². The average molecular weight is 227 g/mol. The van der Waals surface area contributed by atoms with Gasteiger partial charge in [0.05, 0.1) is 12.8 Å². The van der Waals surface area contributed by atoms with Crippen molar-refractivity contribution < 1.29 is 13.9 Å². The van der Waals surface area contributed by atoms with E-state index < -0.39 is 5.82 Å². The van der Waals surface area contributed by atoms with Gasteiger partial charge >= 0.3 is 0 Å². The molecule has 2 rings (SSSR count). The number of carbonyl (C=O) groups excluding carboxylic acids is 1. The fourth-order valence-corrected chi connectivity index (χ4v) is 2.34. The summed E-state index contributed by atoms with van der Waals surface area (Å²) in [6, 6.07) is 2.96. The molecule has 0 saturated heterocycles. The standard InChI is InChI=1S/C10H10FNO2S/c1-14-5-3-6-8(7(11)4-5)12-10(13)9(6)15-2/h3-4,9H,1-2H3,(H,12,13)/t9-/m1/s1. The largest absolute Gasteiger partial charge is 0.497 e. The minimum atomic E-state index is -0.450. The van der Waals surface area contributed by atoms with E-state index in [4.69, 9.17) is 4.74 Å². The number of halogens is 1. The third kappa shape index (κ3) is 1.56. The SMILES string of the molecule is COc1cc(F)c2c(c1)[C@@H](SC)C(=O)N2. The first-order valence-corrected chi connectivity index (χ1v) is 5.67. The van der Waals surface area contributed by atoms with Crippen molar-refractivity contribution in [1.29, 1.82) is 0 Å². The van der Waals surface area contributed by atoms with Gasteiger partial charge in [-0.05, 0) is 12.3 Å². The van der Waals surface area contributed by atoms with Gasteiger partial charge in [0.25, 0.3) is 0 Å². The molecule has 15 heavy (non-hydrogen) atoms. The lowest BCUT2D eigenvalue weighted by molar-refractivity contribution is -0.115. The Balaban J connectivity index is 2.54. The molecule has 1 amide bonds. The number of anilines is 1. The number of fused-ring (bicyclic) bond motifs is 1. The first kappa shape index (κ1) is 10.3. The maximum Gasteiger partial charge on any atom is 0.242 e. The molecule has 1 N–H and O–H groups in total. The Hall–Kier alpha value is -1.23. The lowest BCUT2D eigenvalue weighted by Crippen LogP contribution is -2.08. The third-order valence-electron chi connectivity index (χ3n) is 2.33. The predicted molar refractivity (Wildman–Crippen MR) is 57.8 cm³/mol. The molecular formula is C10H10FNO2S. The van der Waals surface area contributed by atoms with Crippen molar-refractivity contribution in [3.63, 3.8) is 0 Å². The molecule has 0 bridgehead atoms. The second kappa shape index (κ2) is 3.73. The summed E-state index contributed by atoms with van der Waals surface area (Å²) in [5.74, 6) is -0.194. The molecule has 0 fully saturated rings. The summed E-state index contributed by atoms with van der Waals surface area (Å²) in [6.45, 7) is 0. The number of methoxy groups -OCH3 is 1. The summed E-state index contributed by atoms with van der Waals surface area (Å²) < 4.78 is 18.5. The summed E-state index contributed by atoms with van der Waals surface area (Å²) in [5.41, 5.74) is 0.935. The Kier molecular flexibility index (Phi) is 2.56. The highest BCUT2D eigenvalue weighted by atomic mass is 32.2. The van der Waals surface area contributed by atoms with E-state index >= 15 is 0 Å². The summed E-state index contributed by atoms with van der Waals surface area (Å²) in [4.78, 5) is 11.5. The monoisotopic (exact) mass is 227 g/mol. The van der Waals surface area contributed by atoms with Crippen LogP contribution in [-0.4, -0.2) is 19.3 Å². The van der Waals surface area contributed by atoms with Gasteiger partial charge in [0, 0.05) is 11.6 Å². The lowest BCUT2D eigenvalue weighted by Gasteiger charge is -2.07. The molecule has 0 unspecified atom stereocenters. The molecule has 3 nitrogen and oxygen atoms in total. The van der Waals surface area contributed by atoms with Crippen LogP contribution in [0.3, 0.4) is 0 Å². The molecule has 1 atom stereocenters. The first-order valence-electron chi connectivity index (χ1n) is 4.38. The fraction of sp³-hybridized carbons (Fsp3) is 0.300. The van der Waals surface area contributed by atoms with E-state index in [-0.39, 0.29) is 16.8 Å². The van der Waals surface area contributed by atoms with Gasteiger partial charge in [-0.2, -0.15) is 0 Å². The number of nitrogens with one attached hydrogen (secondary N) is 1. The van der Waals surface area contributed by atoms with Crippen molar-refractivity contribution in [3.8, 4) is 5.75 Å². The Bertz CT molecular complexity index is 422. The Labute approximate surface area is 91.0 Å². The second-order valence-corrected chi connectivity index (χ2v) is 4.12. The van der Waals surface area contributed by atoms with E-state index in [0.29, 0.717) is 11.3 Å². The highest BCUT2D eigenvalue weighted by Gasteiger charge is 2.32. The van der Waals surface area contributed by atoms with E-state index in [2.05, 4.69) is 5.32 Å². The molecule has 0 radical (unpaired) electrons. The molecule has 0 aliphatic carbocycles. The highest BCUT2D eigenvalue weighted by molar-refractivity contribution is 7.99. The zero-order chi connectivity index (χ0) is 11.0. The summed E-state index contributed by atoms with van der Waals surface area (Å²) in [5, 5.41) is 2.18. The molecule has 5 heteroatoms. The minimum Gasteiger partial charge on any atom is -0.497 e. The van der Waals surface area contributed by atoms with Gasteiger partial charge in [0.1, 0.15) is 11.0 Å². The van der Waals surface area contributed by atoms with Crippen molar-refractivity contribution in [2.75, 3.05) is 18.7 Å². The highest BCUT2D eigenvalue weighted by Crippen LogP contribution is 2.42. The van der Waals surface area contributed by atoms with Crippen LogP contribution in [-0.2, 0) is 4.79 Å². The summed E-state index contributed by atoms with van der Waals surface area (Å²) in [7, 11) is 1.47. The zero-order valence-electron chi connectivity index (χ0n) is 8.33. The van der Waals surface area contributed by atoms with Crippen LogP contribution in [0.15, 0.2) is 12.1 Å². The number of carbonyl (C=O) groups is 1. The van der Waals surface area contributed by atoms with E-state index in [1.807, 2.05) is 6.26 Å². The normalized spacial score (nSPS) is 18.6. The van der Waals surface area contributed by atoms with Gasteiger partial charge in [-0.1, -0.05) is 0 Å². The average Bonchev–Trinajstić information content (AvgIpc) is 2.54. The van der Waals surface area contributed by atoms with Gasteiger partial charge in [0.15, 0.2) is 5.82 Å². The van der Waals surface area contributed by atoms with E-state index in [0.717, 1.165) is 0 Å². The summed E-state index contributed by atoms with van der Waals surface area (Å²) in [6.07, 6.45) is 1.82. The molecule has 0 saturated carbocycles. The fourth-order valence-electron chi connectivity index (χ4n) is 1.62. The number of hydrogen-bond acceptors (Lipinski definition) is 3. The van der Waals surface area contributed by atoms with Gasteiger partial charge in [0.2, 0.25) is 5.91 Å². The maximum atomic E-state index is 13.5. The molecule has 0 aromatic heterocycles. The molecule has 1 aromatic rings. The van der Waals surface area contributed by atoms with Crippen molar-refractivity contribution in [2.45, 2.75) is 5.25 Å². The van der Waals surface area contributed by atoms with Gasteiger partial charge in [-0.3, -0.25) is 4.79 Å². The molecular weight excluding hydrogens is 217 g/mol. The van der Waals surface area contributed by atoms with Crippen molar-refractivity contribution in [3.05, 3.63) is 23.5 Å². The Morgan fingerprint density at radius 3 is 2.87 bits per heavy atom. The number of hydrogen-bond donors (Lipinski definition) is 1. The van der Waals surface area contributed by atoms with Crippen LogP contribution >= 0.6 is 11.8 Å². The Morgan fingerprint density at radius 2 is 2.27 bits per heavy atom. The summed E-state index contributed by atoms with van der Waals surface area (Å²) >= 11 is 1.38. The zero-order valence-corrected chi connectivity index (χ0v) is 9.15. The van der Waals surface area contributed by atoms with Crippen molar-refractivity contribution in [1.82, 2.24) is 0 Å². The molecule has 1 aliphatic rings.